The molecule has 0 spiro atoms. The van der Waals surface area contributed by atoms with Crippen LogP contribution in [0.4, 0.5) is 5.69 Å². The van der Waals surface area contributed by atoms with Gasteiger partial charge in [0.05, 0.1) is 16.9 Å². The largest absolute Gasteiger partial charge is 0.298 e. The molecule has 1 amide bonds. The first-order valence-electron chi connectivity index (χ1n) is 7.78. The molecule has 0 saturated carbocycles. The van der Waals surface area contributed by atoms with Crippen molar-refractivity contribution in [1.29, 1.82) is 0 Å². The predicted octanol–water partition coefficient (Wildman–Crippen LogP) is 2.85. The van der Waals surface area contributed by atoms with Crippen molar-refractivity contribution in [2.45, 2.75) is 4.21 Å². The van der Waals surface area contributed by atoms with Crippen LogP contribution in [-0.2, 0) is 10.0 Å². The number of benzene rings is 1. The van der Waals surface area contributed by atoms with E-state index in [1.807, 2.05) is 0 Å². The minimum atomic E-state index is -3.76. The van der Waals surface area contributed by atoms with Crippen molar-refractivity contribution in [1.82, 2.24) is 15.8 Å². The molecule has 27 heavy (non-hydrogen) atoms. The first-order valence-corrected chi connectivity index (χ1v) is 10.1. The molecule has 2 heterocycles. The third-order valence-corrected chi connectivity index (χ3v) is 6.29. The van der Waals surface area contributed by atoms with Gasteiger partial charge in [0.2, 0.25) is 0 Å². The fourth-order valence-corrected chi connectivity index (χ4v) is 4.28. The summed E-state index contributed by atoms with van der Waals surface area (Å²) >= 11 is 1.10. The molecular formula is C18H16N4O3S2. The van der Waals surface area contributed by atoms with E-state index >= 15 is 0 Å². The summed E-state index contributed by atoms with van der Waals surface area (Å²) in [6.45, 7) is 3.84. The summed E-state index contributed by atoms with van der Waals surface area (Å²) in [6, 6.07) is 13.0. The highest BCUT2D eigenvalue weighted by molar-refractivity contribution is 7.94. The van der Waals surface area contributed by atoms with E-state index in [-0.39, 0.29) is 15.5 Å². The molecule has 9 heteroatoms. The zero-order valence-corrected chi connectivity index (χ0v) is 15.7. The van der Waals surface area contributed by atoms with Crippen LogP contribution in [0.15, 0.2) is 77.1 Å². The first-order chi connectivity index (χ1) is 13.0. The van der Waals surface area contributed by atoms with Crippen molar-refractivity contribution >= 4 is 38.7 Å². The number of hydrogen-bond donors (Lipinski definition) is 3. The van der Waals surface area contributed by atoms with Crippen LogP contribution < -0.4 is 15.6 Å². The van der Waals surface area contributed by atoms with Gasteiger partial charge in [-0.25, -0.2) is 8.42 Å². The van der Waals surface area contributed by atoms with Gasteiger partial charge < -0.3 is 0 Å². The smallest absolute Gasteiger partial charge is 0.271 e. The van der Waals surface area contributed by atoms with Gasteiger partial charge in [-0.3, -0.25) is 25.4 Å². The Kier molecular flexibility index (Phi) is 5.53. The number of carbonyl (C=O) groups is 1. The molecule has 0 radical (unpaired) electrons. The molecule has 0 fully saturated rings. The third kappa shape index (κ3) is 4.52. The SMILES string of the molecule is C=C(NNC(=O)c1ccccc1NS(=O)(=O)c1cccs1)c1ccncc1. The van der Waals surface area contributed by atoms with Crippen LogP contribution in [-0.4, -0.2) is 19.3 Å². The molecule has 3 rings (SSSR count). The lowest BCUT2D eigenvalue weighted by Gasteiger charge is -2.14. The number of nitrogens with one attached hydrogen (secondary N) is 3. The summed E-state index contributed by atoms with van der Waals surface area (Å²) in [5, 5.41) is 1.67. The van der Waals surface area contributed by atoms with Gasteiger partial charge in [-0.05, 0) is 35.7 Å². The number of aromatic nitrogens is 1. The van der Waals surface area contributed by atoms with E-state index in [1.165, 1.54) is 18.2 Å². The number of amides is 1. The number of para-hydroxylation sites is 1. The predicted molar refractivity (Wildman–Crippen MR) is 105 cm³/mol. The highest BCUT2D eigenvalue weighted by atomic mass is 32.2. The minimum Gasteiger partial charge on any atom is -0.298 e. The molecule has 0 aliphatic heterocycles. The van der Waals surface area contributed by atoms with Crippen LogP contribution in [0.3, 0.4) is 0 Å². The maximum absolute atomic E-state index is 12.5. The number of pyridine rings is 1. The van der Waals surface area contributed by atoms with E-state index in [0.29, 0.717) is 5.70 Å². The monoisotopic (exact) mass is 400 g/mol. The quantitative estimate of drug-likeness (QED) is 0.530. The Bertz CT molecular complexity index is 1050. The van der Waals surface area contributed by atoms with Gasteiger partial charge in [-0.2, -0.15) is 0 Å². The topological polar surface area (TPSA) is 100 Å². The molecular weight excluding hydrogens is 384 g/mol. The minimum absolute atomic E-state index is 0.168. The molecule has 0 aliphatic carbocycles. The number of sulfonamides is 1. The van der Waals surface area contributed by atoms with E-state index in [9.17, 15) is 13.2 Å². The highest BCUT2D eigenvalue weighted by Gasteiger charge is 2.19. The van der Waals surface area contributed by atoms with Crippen molar-refractivity contribution in [3.8, 4) is 0 Å². The summed E-state index contributed by atoms with van der Waals surface area (Å²) < 4.78 is 27.5. The van der Waals surface area contributed by atoms with Gasteiger partial charge >= 0.3 is 0 Å². The summed E-state index contributed by atoms with van der Waals surface area (Å²) in [7, 11) is -3.76. The summed E-state index contributed by atoms with van der Waals surface area (Å²) in [5.41, 5.74) is 6.82. The van der Waals surface area contributed by atoms with Crippen LogP contribution in [0.5, 0.6) is 0 Å². The number of rotatable bonds is 7. The average molecular weight is 400 g/mol. The zero-order valence-electron chi connectivity index (χ0n) is 14.0. The van der Waals surface area contributed by atoms with E-state index in [4.69, 9.17) is 0 Å². The first kappa shape index (κ1) is 18.6. The molecule has 3 N–H and O–H groups in total. The molecule has 3 aromatic rings. The lowest BCUT2D eigenvalue weighted by Crippen LogP contribution is -2.36. The number of carbonyl (C=O) groups excluding carboxylic acids is 1. The number of anilines is 1. The second-order valence-electron chi connectivity index (χ2n) is 5.38. The molecule has 0 bridgehead atoms. The molecule has 138 valence electrons. The number of hydrazine groups is 1. The highest BCUT2D eigenvalue weighted by Crippen LogP contribution is 2.22. The Morgan fingerprint density at radius 3 is 2.44 bits per heavy atom. The van der Waals surface area contributed by atoms with E-state index < -0.39 is 15.9 Å². The van der Waals surface area contributed by atoms with Gasteiger partial charge in [0.1, 0.15) is 4.21 Å². The van der Waals surface area contributed by atoms with Crippen LogP contribution in [0.1, 0.15) is 15.9 Å². The Balaban J connectivity index is 1.73. The number of nitrogens with zero attached hydrogens (tertiary/aromatic N) is 1. The third-order valence-electron chi connectivity index (χ3n) is 3.53. The van der Waals surface area contributed by atoms with Crippen molar-refractivity contribution in [3.63, 3.8) is 0 Å². The molecule has 0 atom stereocenters. The molecule has 0 unspecified atom stereocenters. The zero-order chi connectivity index (χ0) is 19.3. The van der Waals surface area contributed by atoms with Gasteiger partial charge in [-0.15, -0.1) is 11.3 Å². The van der Waals surface area contributed by atoms with Gasteiger partial charge in [0.15, 0.2) is 0 Å². The van der Waals surface area contributed by atoms with Crippen LogP contribution in [0.25, 0.3) is 5.70 Å². The fraction of sp³-hybridized carbons (Fsp3) is 0. The molecule has 0 aliphatic rings. The lowest BCUT2D eigenvalue weighted by atomic mass is 10.2. The Morgan fingerprint density at radius 2 is 1.74 bits per heavy atom. The fourth-order valence-electron chi connectivity index (χ4n) is 2.21. The standard InChI is InChI=1S/C18H16N4O3S2/c1-13(14-8-10-19-11-9-14)20-21-18(23)15-5-2-3-6-16(15)22-27(24,25)17-7-4-12-26-17/h2-12,20,22H,1H2,(H,21,23). The van der Waals surface area contributed by atoms with E-state index in [2.05, 4.69) is 27.1 Å². The van der Waals surface area contributed by atoms with Gasteiger partial charge in [0.25, 0.3) is 15.9 Å². The molecule has 1 aromatic carbocycles. The Labute approximate surface area is 160 Å². The summed E-state index contributed by atoms with van der Waals surface area (Å²) in [5.74, 6) is -0.505. The van der Waals surface area contributed by atoms with Crippen LogP contribution >= 0.6 is 11.3 Å². The second-order valence-corrected chi connectivity index (χ2v) is 8.23. The van der Waals surface area contributed by atoms with Crippen molar-refractivity contribution in [3.05, 3.63) is 84.0 Å². The number of hydrogen-bond acceptors (Lipinski definition) is 6. The second kappa shape index (κ2) is 8.02. The Hall–Kier alpha value is -3.17. The lowest BCUT2D eigenvalue weighted by molar-refractivity contribution is 0.0943. The normalized spacial score (nSPS) is 10.8. The van der Waals surface area contributed by atoms with Crippen molar-refractivity contribution < 1.29 is 13.2 Å². The molecule has 0 saturated heterocycles. The van der Waals surface area contributed by atoms with Gasteiger partial charge in [0, 0.05) is 18.0 Å². The summed E-state index contributed by atoms with van der Waals surface area (Å²) in [4.78, 5) is 16.4. The maximum Gasteiger partial charge on any atom is 0.271 e. The van der Waals surface area contributed by atoms with Crippen molar-refractivity contribution in [2.24, 2.45) is 0 Å². The molecule has 2 aromatic heterocycles. The summed E-state index contributed by atoms with van der Waals surface area (Å²) in [6.07, 6.45) is 3.22. The van der Waals surface area contributed by atoms with Crippen LogP contribution in [0.2, 0.25) is 0 Å². The van der Waals surface area contributed by atoms with E-state index in [0.717, 1.165) is 16.9 Å². The van der Waals surface area contributed by atoms with Gasteiger partial charge in [-0.1, -0.05) is 24.8 Å². The van der Waals surface area contributed by atoms with Crippen LogP contribution in [0, 0.1) is 0 Å². The Morgan fingerprint density at radius 1 is 1.00 bits per heavy atom. The number of thiophene rings is 1. The average Bonchev–Trinajstić information content (AvgIpc) is 3.22. The molecule has 7 nitrogen and oxygen atoms in total. The maximum atomic E-state index is 12.5. The van der Waals surface area contributed by atoms with Crippen molar-refractivity contribution in [2.75, 3.05) is 4.72 Å². The van der Waals surface area contributed by atoms with E-state index in [1.54, 1.807) is 48.1 Å².